The number of aromatic nitrogens is 3. The van der Waals surface area contributed by atoms with Crippen molar-refractivity contribution >= 4 is 11.6 Å². The molecule has 2 heterocycles. The maximum atomic E-state index is 11.4. The molecule has 7 heteroatoms. The summed E-state index contributed by atoms with van der Waals surface area (Å²) < 4.78 is 6.71. The maximum absolute atomic E-state index is 11.4. The zero-order valence-electron chi connectivity index (χ0n) is 11.4. The fraction of sp³-hybridized carbons (Fsp3) is 0.0667. The van der Waals surface area contributed by atoms with E-state index in [2.05, 4.69) is 16.4 Å². The van der Waals surface area contributed by atoms with Crippen molar-refractivity contribution in [3.8, 4) is 23.1 Å². The zero-order valence-corrected chi connectivity index (χ0v) is 11.4. The number of carbonyl (C=O) groups is 1. The Morgan fingerprint density at radius 3 is 2.77 bits per heavy atom. The van der Waals surface area contributed by atoms with E-state index in [1.807, 2.05) is 18.2 Å². The fourth-order valence-electron chi connectivity index (χ4n) is 2.11. The highest BCUT2D eigenvalue weighted by Gasteiger charge is 2.13. The summed E-state index contributed by atoms with van der Waals surface area (Å²) in [5.41, 5.74) is 7.55. The molecule has 0 atom stereocenters. The van der Waals surface area contributed by atoms with Crippen molar-refractivity contribution in [2.45, 2.75) is 0 Å². The number of hydrogen-bond donors (Lipinski definition) is 1. The molecule has 0 aliphatic heterocycles. The second kappa shape index (κ2) is 5.54. The highest BCUT2D eigenvalue weighted by molar-refractivity contribution is 5.99. The number of fused-ring (bicyclic) bond motifs is 1. The fourth-order valence-corrected chi connectivity index (χ4v) is 2.11. The number of nitriles is 1. The van der Waals surface area contributed by atoms with Crippen LogP contribution in [-0.4, -0.2) is 27.1 Å². The van der Waals surface area contributed by atoms with Crippen LogP contribution < -0.4 is 10.5 Å². The molecular formula is C15H10N5O2. The molecule has 2 aromatic heterocycles. The highest BCUT2D eigenvalue weighted by Crippen LogP contribution is 2.24. The summed E-state index contributed by atoms with van der Waals surface area (Å²) >= 11 is 0. The Bertz CT molecular complexity index is 877. The van der Waals surface area contributed by atoms with Gasteiger partial charge in [-0.3, -0.25) is 4.79 Å². The van der Waals surface area contributed by atoms with Crippen molar-refractivity contribution in [2.75, 3.05) is 6.61 Å². The van der Waals surface area contributed by atoms with Crippen molar-refractivity contribution in [3.05, 3.63) is 48.3 Å². The van der Waals surface area contributed by atoms with Gasteiger partial charge in [0.2, 0.25) is 6.33 Å². The Balaban J connectivity index is 2.04. The third-order valence-corrected chi connectivity index (χ3v) is 3.10. The molecule has 0 spiro atoms. The van der Waals surface area contributed by atoms with E-state index in [0.29, 0.717) is 11.4 Å². The SMILES string of the molecule is N#CCOc1ccc(-c2ccc(C(N)=O)c3n[c]nn23)cc1. The van der Waals surface area contributed by atoms with Crippen molar-refractivity contribution in [3.63, 3.8) is 0 Å². The van der Waals surface area contributed by atoms with E-state index in [9.17, 15) is 4.79 Å². The van der Waals surface area contributed by atoms with E-state index in [1.165, 1.54) is 4.52 Å². The summed E-state index contributed by atoms with van der Waals surface area (Å²) in [4.78, 5) is 15.3. The van der Waals surface area contributed by atoms with Crippen molar-refractivity contribution in [2.24, 2.45) is 5.73 Å². The molecule has 1 radical (unpaired) electrons. The van der Waals surface area contributed by atoms with E-state index < -0.39 is 5.91 Å². The molecule has 7 nitrogen and oxygen atoms in total. The van der Waals surface area contributed by atoms with Gasteiger partial charge in [0.1, 0.15) is 11.8 Å². The predicted octanol–water partition coefficient (Wildman–Crippen LogP) is 1.20. The van der Waals surface area contributed by atoms with Crippen LogP contribution in [0.15, 0.2) is 36.4 Å². The van der Waals surface area contributed by atoms with Crippen molar-refractivity contribution in [1.29, 1.82) is 5.26 Å². The first-order chi connectivity index (χ1) is 10.7. The van der Waals surface area contributed by atoms with Crippen LogP contribution in [0.3, 0.4) is 0 Å². The monoisotopic (exact) mass is 292 g/mol. The molecule has 1 aromatic carbocycles. The van der Waals surface area contributed by atoms with Crippen LogP contribution in [0, 0.1) is 17.7 Å². The normalized spacial score (nSPS) is 10.3. The number of nitrogens with two attached hydrogens (primary N) is 1. The number of carbonyl (C=O) groups excluding carboxylic acids is 1. The Kier molecular flexibility index (Phi) is 3.42. The molecule has 0 bridgehead atoms. The lowest BCUT2D eigenvalue weighted by Gasteiger charge is -2.07. The average molecular weight is 292 g/mol. The van der Waals surface area contributed by atoms with Crippen LogP contribution in [0.5, 0.6) is 5.75 Å². The van der Waals surface area contributed by atoms with Crippen LogP contribution in [0.4, 0.5) is 0 Å². The molecule has 0 fully saturated rings. The average Bonchev–Trinajstić information content (AvgIpc) is 3.02. The molecule has 107 valence electrons. The minimum absolute atomic E-state index is 0.00502. The van der Waals surface area contributed by atoms with Crippen molar-refractivity contribution < 1.29 is 9.53 Å². The molecule has 0 saturated carbocycles. The van der Waals surface area contributed by atoms with Gasteiger partial charge in [-0.2, -0.15) is 5.26 Å². The molecular weight excluding hydrogens is 282 g/mol. The first kappa shape index (κ1) is 13.6. The Morgan fingerprint density at radius 2 is 2.09 bits per heavy atom. The molecule has 1 amide bonds. The maximum Gasteiger partial charge on any atom is 0.252 e. The van der Waals surface area contributed by atoms with E-state index >= 15 is 0 Å². The first-order valence-corrected chi connectivity index (χ1v) is 6.36. The number of nitrogens with zero attached hydrogens (tertiary/aromatic N) is 4. The van der Waals surface area contributed by atoms with Gasteiger partial charge in [0.15, 0.2) is 12.3 Å². The summed E-state index contributed by atoms with van der Waals surface area (Å²) in [7, 11) is 0. The molecule has 0 saturated heterocycles. The highest BCUT2D eigenvalue weighted by atomic mass is 16.5. The molecule has 3 aromatic rings. The topological polar surface area (TPSA) is 106 Å². The number of rotatable bonds is 4. The predicted molar refractivity (Wildman–Crippen MR) is 76.9 cm³/mol. The minimum atomic E-state index is -0.571. The third kappa shape index (κ3) is 2.33. The first-order valence-electron chi connectivity index (χ1n) is 6.36. The van der Waals surface area contributed by atoms with Gasteiger partial charge in [0.05, 0.1) is 11.3 Å². The van der Waals surface area contributed by atoms with Crippen molar-refractivity contribution in [1.82, 2.24) is 14.6 Å². The Labute approximate surface area is 125 Å². The molecule has 3 rings (SSSR count). The second-order valence-corrected chi connectivity index (χ2v) is 4.41. The molecule has 0 aliphatic rings. The van der Waals surface area contributed by atoms with E-state index in [4.69, 9.17) is 15.7 Å². The lowest BCUT2D eigenvalue weighted by atomic mass is 10.1. The van der Waals surface area contributed by atoms with Gasteiger partial charge in [-0.25, -0.2) is 9.50 Å². The van der Waals surface area contributed by atoms with Gasteiger partial charge in [-0.15, -0.1) is 5.10 Å². The van der Waals surface area contributed by atoms with Gasteiger partial charge >= 0.3 is 0 Å². The number of ether oxygens (including phenoxy) is 1. The Hall–Kier alpha value is -3.40. The number of amides is 1. The van der Waals surface area contributed by atoms with Crippen LogP contribution in [0.25, 0.3) is 16.9 Å². The molecule has 22 heavy (non-hydrogen) atoms. The standard InChI is InChI=1S/C15H10N5O2/c16-7-8-22-11-3-1-10(2-4-11)13-6-5-12(14(17)21)15-18-9-19-20(13)15/h1-6H,8H2,(H2,17,21). The van der Waals surface area contributed by atoms with E-state index in [0.717, 1.165) is 11.3 Å². The van der Waals surface area contributed by atoms with Gasteiger partial charge in [0, 0.05) is 5.56 Å². The second-order valence-electron chi connectivity index (χ2n) is 4.41. The smallest absolute Gasteiger partial charge is 0.252 e. The van der Waals surface area contributed by atoms with E-state index in [1.54, 1.807) is 24.3 Å². The molecule has 0 aliphatic carbocycles. The quantitative estimate of drug-likeness (QED) is 0.777. The van der Waals surface area contributed by atoms with Gasteiger partial charge in [0.25, 0.3) is 5.91 Å². The summed E-state index contributed by atoms with van der Waals surface area (Å²) in [6.07, 6.45) is 2.48. The van der Waals surface area contributed by atoms with Gasteiger partial charge in [-0.1, -0.05) is 0 Å². The van der Waals surface area contributed by atoms with E-state index in [-0.39, 0.29) is 12.2 Å². The number of benzene rings is 1. The summed E-state index contributed by atoms with van der Waals surface area (Å²) in [5, 5.41) is 12.5. The minimum Gasteiger partial charge on any atom is -0.479 e. The van der Waals surface area contributed by atoms with Gasteiger partial charge < -0.3 is 10.5 Å². The third-order valence-electron chi connectivity index (χ3n) is 3.10. The van der Waals surface area contributed by atoms with Crippen LogP contribution in [-0.2, 0) is 0 Å². The van der Waals surface area contributed by atoms with Crippen LogP contribution in [0.2, 0.25) is 0 Å². The molecule has 2 N–H and O–H groups in total. The lowest BCUT2D eigenvalue weighted by Crippen LogP contribution is -2.13. The van der Waals surface area contributed by atoms with Crippen LogP contribution in [0.1, 0.15) is 10.4 Å². The largest absolute Gasteiger partial charge is 0.479 e. The molecule has 0 unspecified atom stereocenters. The Morgan fingerprint density at radius 1 is 1.32 bits per heavy atom. The zero-order chi connectivity index (χ0) is 15.5. The lowest BCUT2D eigenvalue weighted by molar-refractivity contribution is 0.100. The number of primary amides is 1. The summed E-state index contributed by atoms with van der Waals surface area (Å²) in [5.74, 6) is 0.0265. The summed E-state index contributed by atoms with van der Waals surface area (Å²) in [6.45, 7) is -0.00502. The number of hydrogen-bond acceptors (Lipinski definition) is 5. The van der Waals surface area contributed by atoms with Crippen LogP contribution >= 0.6 is 0 Å². The summed E-state index contributed by atoms with van der Waals surface area (Å²) in [6, 6.07) is 12.4. The van der Waals surface area contributed by atoms with Gasteiger partial charge in [-0.05, 0) is 36.4 Å². The number of pyridine rings is 1.